The Kier molecular flexibility index (Phi) is 10.9. The van der Waals surface area contributed by atoms with Crippen LogP contribution in [-0.4, -0.2) is 37.7 Å². The van der Waals surface area contributed by atoms with Crippen LogP contribution in [0.25, 0.3) is 0 Å². The molecule has 0 aliphatic rings. The van der Waals surface area contributed by atoms with Gasteiger partial charge < -0.3 is 23.7 Å². The van der Waals surface area contributed by atoms with Crippen LogP contribution < -0.4 is 18.9 Å². The highest BCUT2D eigenvalue weighted by Gasteiger charge is 2.14. The topological polar surface area (TPSA) is 97.4 Å². The van der Waals surface area contributed by atoms with Crippen molar-refractivity contribution in [2.75, 3.05) is 19.8 Å². The highest BCUT2D eigenvalue weighted by atomic mass is 16.5. The zero-order valence-corrected chi connectivity index (χ0v) is 21.7. The monoisotopic (exact) mass is 530 g/mol. The maximum Gasteiger partial charge on any atom is 0.343 e. The summed E-state index contributed by atoms with van der Waals surface area (Å²) in [5.74, 6) is 0.406. The van der Waals surface area contributed by atoms with Gasteiger partial charge in [-0.3, -0.25) is 0 Å². The van der Waals surface area contributed by atoms with E-state index >= 15 is 0 Å². The lowest BCUT2D eigenvalue weighted by Crippen LogP contribution is -2.10. The van der Waals surface area contributed by atoms with Crippen LogP contribution in [-0.2, 0) is 9.53 Å². The summed E-state index contributed by atoms with van der Waals surface area (Å²) in [6, 6.07) is 17.9. The molecule has 8 nitrogen and oxygen atoms in total. The quantitative estimate of drug-likeness (QED) is 0.0837. The average molecular weight is 531 g/mol. The molecular formula is C31H30O8. The molecule has 0 heterocycles. The van der Waals surface area contributed by atoms with Gasteiger partial charge in [-0.05, 0) is 92.1 Å². The van der Waals surface area contributed by atoms with Crippen molar-refractivity contribution in [3.05, 3.63) is 109 Å². The van der Waals surface area contributed by atoms with Crippen molar-refractivity contribution in [3.8, 4) is 23.0 Å². The molecule has 3 rings (SSSR count). The molecule has 0 amide bonds. The van der Waals surface area contributed by atoms with E-state index < -0.39 is 17.9 Å². The van der Waals surface area contributed by atoms with Crippen molar-refractivity contribution in [3.63, 3.8) is 0 Å². The van der Waals surface area contributed by atoms with Crippen LogP contribution in [0.3, 0.4) is 0 Å². The summed E-state index contributed by atoms with van der Waals surface area (Å²) in [7, 11) is 0. The fraction of sp³-hybridized carbons (Fsp3) is 0.194. The summed E-state index contributed by atoms with van der Waals surface area (Å²) in [5.41, 5.74) is 1.35. The number of carbonyl (C=O) groups is 3. The summed E-state index contributed by atoms with van der Waals surface area (Å²) < 4.78 is 26.9. The van der Waals surface area contributed by atoms with E-state index in [4.69, 9.17) is 23.7 Å². The van der Waals surface area contributed by atoms with Crippen LogP contribution in [0.5, 0.6) is 23.0 Å². The van der Waals surface area contributed by atoms with Crippen LogP contribution >= 0.6 is 0 Å². The zero-order chi connectivity index (χ0) is 28.0. The van der Waals surface area contributed by atoms with Crippen molar-refractivity contribution in [2.24, 2.45) is 0 Å². The molecular weight excluding hydrogens is 500 g/mol. The lowest BCUT2D eigenvalue weighted by molar-refractivity contribution is -0.137. The van der Waals surface area contributed by atoms with Crippen LogP contribution in [0, 0.1) is 6.92 Å². The normalized spacial score (nSPS) is 10.2. The van der Waals surface area contributed by atoms with Gasteiger partial charge in [-0.15, -0.1) is 0 Å². The molecule has 0 N–H and O–H groups in total. The van der Waals surface area contributed by atoms with Crippen molar-refractivity contribution < 1.29 is 38.1 Å². The van der Waals surface area contributed by atoms with E-state index in [1.54, 1.807) is 79.7 Å². The van der Waals surface area contributed by atoms with Crippen molar-refractivity contribution in [1.82, 2.24) is 0 Å². The number of ether oxygens (including phenoxy) is 5. The highest BCUT2D eigenvalue weighted by molar-refractivity contribution is 5.92. The molecule has 0 radical (unpaired) electrons. The molecule has 0 saturated heterocycles. The SMILES string of the molecule is C=CCOc1ccc(C(=O)Oc2ccc(OC(=O)c3ccc(OCCCCOC(=O)C=C)cc3)cc2C)cc1. The Balaban J connectivity index is 1.48. The second kappa shape index (κ2) is 14.8. The first-order valence-corrected chi connectivity index (χ1v) is 12.3. The molecule has 3 aromatic rings. The lowest BCUT2D eigenvalue weighted by Gasteiger charge is -2.11. The molecule has 0 aliphatic heterocycles. The molecule has 0 atom stereocenters. The van der Waals surface area contributed by atoms with E-state index in [1.807, 2.05) is 0 Å². The summed E-state index contributed by atoms with van der Waals surface area (Å²) >= 11 is 0. The van der Waals surface area contributed by atoms with Gasteiger partial charge in [-0.1, -0.05) is 19.2 Å². The summed E-state index contributed by atoms with van der Waals surface area (Å²) in [6.07, 6.45) is 4.13. The Labute approximate surface area is 227 Å². The minimum Gasteiger partial charge on any atom is -0.494 e. The number of aryl methyl sites for hydroxylation is 1. The van der Waals surface area contributed by atoms with Crippen molar-refractivity contribution in [1.29, 1.82) is 0 Å². The maximum absolute atomic E-state index is 12.6. The van der Waals surface area contributed by atoms with E-state index in [2.05, 4.69) is 13.2 Å². The molecule has 0 bridgehead atoms. The Bertz CT molecular complexity index is 1290. The van der Waals surface area contributed by atoms with Gasteiger partial charge in [0, 0.05) is 6.08 Å². The van der Waals surface area contributed by atoms with Crippen LogP contribution in [0.15, 0.2) is 92.0 Å². The summed E-state index contributed by atoms with van der Waals surface area (Å²) in [6.45, 7) is 9.81. The fourth-order valence-electron chi connectivity index (χ4n) is 3.28. The molecule has 0 unspecified atom stereocenters. The lowest BCUT2D eigenvalue weighted by atomic mass is 10.2. The molecule has 0 aromatic heterocycles. The van der Waals surface area contributed by atoms with Gasteiger partial charge in [0.05, 0.1) is 24.3 Å². The number of esters is 3. The van der Waals surface area contributed by atoms with E-state index in [0.717, 1.165) is 6.08 Å². The van der Waals surface area contributed by atoms with Gasteiger partial charge in [-0.25, -0.2) is 14.4 Å². The van der Waals surface area contributed by atoms with E-state index in [-0.39, 0.29) is 0 Å². The number of hydrogen-bond donors (Lipinski definition) is 0. The molecule has 0 saturated carbocycles. The Morgan fingerprint density at radius 1 is 0.718 bits per heavy atom. The summed E-state index contributed by atoms with van der Waals surface area (Å²) in [4.78, 5) is 36.1. The molecule has 8 heteroatoms. The standard InChI is InChI=1S/C31H30O8/c1-4-18-35-25-12-10-24(11-13-25)31(34)39-28-17-16-27(21-22(28)3)38-30(33)23-8-14-26(15-9-23)36-19-6-7-20-37-29(32)5-2/h4-5,8-17,21H,1-2,6-7,18-20H2,3H3. The third kappa shape index (κ3) is 9.19. The molecule has 39 heavy (non-hydrogen) atoms. The number of hydrogen-bond acceptors (Lipinski definition) is 8. The molecule has 0 fully saturated rings. The summed E-state index contributed by atoms with van der Waals surface area (Å²) in [5, 5.41) is 0. The second-order valence-corrected chi connectivity index (χ2v) is 8.28. The van der Waals surface area contributed by atoms with E-state index in [1.165, 1.54) is 0 Å². The number of rotatable bonds is 14. The van der Waals surface area contributed by atoms with Gasteiger partial charge in [0.25, 0.3) is 0 Å². The van der Waals surface area contributed by atoms with Crippen molar-refractivity contribution in [2.45, 2.75) is 19.8 Å². The first-order valence-electron chi connectivity index (χ1n) is 12.3. The van der Waals surface area contributed by atoms with E-state index in [9.17, 15) is 14.4 Å². The third-order valence-electron chi connectivity index (χ3n) is 5.33. The van der Waals surface area contributed by atoms with Crippen LogP contribution in [0.4, 0.5) is 0 Å². The van der Waals surface area contributed by atoms with Gasteiger partial charge in [0.1, 0.15) is 29.6 Å². The van der Waals surface area contributed by atoms with E-state index in [0.29, 0.717) is 72.4 Å². The van der Waals surface area contributed by atoms with Gasteiger partial charge in [0.2, 0.25) is 0 Å². The molecule has 202 valence electrons. The Hall–Kier alpha value is -4.85. The minimum atomic E-state index is -0.534. The van der Waals surface area contributed by atoms with Gasteiger partial charge in [0.15, 0.2) is 0 Å². The van der Waals surface area contributed by atoms with Gasteiger partial charge in [-0.2, -0.15) is 0 Å². The second-order valence-electron chi connectivity index (χ2n) is 8.28. The molecule has 0 spiro atoms. The first kappa shape index (κ1) is 28.7. The Morgan fingerprint density at radius 2 is 1.28 bits per heavy atom. The molecule has 0 aliphatic carbocycles. The van der Waals surface area contributed by atoms with Crippen molar-refractivity contribution >= 4 is 17.9 Å². The number of carbonyl (C=O) groups excluding carboxylic acids is 3. The predicted molar refractivity (Wildman–Crippen MR) is 146 cm³/mol. The highest BCUT2D eigenvalue weighted by Crippen LogP contribution is 2.25. The smallest absolute Gasteiger partial charge is 0.343 e. The first-order chi connectivity index (χ1) is 18.9. The number of unbranched alkanes of at least 4 members (excludes halogenated alkanes) is 1. The zero-order valence-electron chi connectivity index (χ0n) is 21.7. The minimum absolute atomic E-state index is 0.308. The van der Waals surface area contributed by atoms with Gasteiger partial charge >= 0.3 is 17.9 Å². The average Bonchev–Trinajstić information content (AvgIpc) is 2.95. The largest absolute Gasteiger partial charge is 0.494 e. The van der Waals surface area contributed by atoms with Crippen LogP contribution in [0.2, 0.25) is 0 Å². The fourth-order valence-corrected chi connectivity index (χ4v) is 3.28. The van der Waals surface area contributed by atoms with Crippen LogP contribution in [0.1, 0.15) is 39.1 Å². The predicted octanol–water partition coefficient (Wildman–Crippen LogP) is 5.89. The third-order valence-corrected chi connectivity index (χ3v) is 5.33. The molecule has 3 aromatic carbocycles. The number of benzene rings is 3. The maximum atomic E-state index is 12.6. The Morgan fingerprint density at radius 3 is 1.87 bits per heavy atom.